The van der Waals surface area contributed by atoms with Crippen LogP contribution in [0, 0.1) is 6.92 Å². The van der Waals surface area contributed by atoms with Crippen LogP contribution in [0.4, 0.5) is 11.8 Å². The summed E-state index contributed by atoms with van der Waals surface area (Å²) in [5.41, 5.74) is 0.707. The second kappa shape index (κ2) is 6.35. The maximum absolute atomic E-state index is 12.2. The van der Waals surface area contributed by atoms with E-state index in [2.05, 4.69) is 40.9 Å². The van der Waals surface area contributed by atoms with Gasteiger partial charge in [-0.2, -0.15) is 0 Å². The van der Waals surface area contributed by atoms with Gasteiger partial charge in [-0.25, -0.2) is 23.4 Å². The summed E-state index contributed by atoms with van der Waals surface area (Å²) in [4.78, 5) is 11.9. The van der Waals surface area contributed by atoms with E-state index in [9.17, 15) is 8.42 Å². The van der Waals surface area contributed by atoms with Gasteiger partial charge in [0.15, 0.2) is 0 Å². The lowest BCUT2D eigenvalue weighted by atomic mass is 10.3. The van der Waals surface area contributed by atoms with E-state index in [0.29, 0.717) is 18.1 Å². The molecule has 2 rings (SSSR count). The molecular weight excluding hydrogens is 358 g/mol. The van der Waals surface area contributed by atoms with Crippen LogP contribution >= 0.6 is 15.9 Å². The Hall–Kier alpha value is -1.74. The van der Waals surface area contributed by atoms with Crippen molar-refractivity contribution in [3.63, 3.8) is 0 Å². The molecule has 0 saturated carbocycles. The number of hydrogen-bond donors (Lipinski definition) is 2. The molecule has 112 valence electrons. The molecule has 0 radical (unpaired) electrons. The van der Waals surface area contributed by atoms with Crippen LogP contribution in [0.25, 0.3) is 0 Å². The van der Waals surface area contributed by atoms with Gasteiger partial charge in [0.1, 0.15) is 10.7 Å². The second-order valence-corrected chi connectivity index (χ2v) is 6.80. The Morgan fingerprint density at radius 2 is 1.86 bits per heavy atom. The van der Waals surface area contributed by atoms with E-state index in [1.165, 1.54) is 18.6 Å². The molecule has 0 aromatic carbocycles. The monoisotopic (exact) mass is 371 g/mol. The molecule has 7 nitrogen and oxygen atoms in total. The van der Waals surface area contributed by atoms with Crippen molar-refractivity contribution in [1.82, 2.24) is 15.0 Å². The minimum absolute atomic E-state index is 0.0201. The number of aromatic nitrogens is 3. The van der Waals surface area contributed by atoms with Crippen molar-refractivity contribution in [3.8, 4) is 0 Å². The van der Waals surface area contributed by atoms with E-state index in [1.807, 2.05) is 6.92 Å². The zero-order valence-corrected chi connectivity index (χ0v) is 13.9. The lowest BCUT2D eigenvalue weighted by Gasteiger charge is -2.09. The molecule has 0 unspecified atom stereocenters. The van der Waals surface area contributed by atoms with Gasteiger partial charge in [0.25, 0.3) is 10.0 Å². The normalized spacial score (nSPS) is 11.2. The third kappa shape index (κ3) is 3.88. The Balaban J connectivity index is 2.25. The highest BCUT2D eigenvalue weighted by molar-refractivity contribution is 9.10. The van der Waals surface area contributed by atoms with Crippen LogP contribution in [0.1, 0.15) is 12.5 Å². The van der Waals surface area contributed by atoms with E-state index >= 15 is 0 Å². The molecule has 9 heteroatoms. The van der Waals surface area contributed by atoms with Crippen molar-refractivity contribution in [2.24, 2.45) is 0 Å². The van der Waals surface area contributed by atoms with Gasteiger partial charge in [-0.3, -0.25) is 4.72 Å². The van der Waals surface area contributed by atoms with Crippen LogP contribution in [0.5, 0.6) is 0 Å². The topological polar surface area (TPSA) is 96.9 Å². The van der Waals surface area contributed by atoms with Gasteiger partial charge < -0.3 is 5.32 Å². The molecule has 2 heterocycles. The standard InChI is InChI=1S/C12H14BrN5O2S/c1-3-14-12-16-6-10(7-17-12)21(19,20)18-11-8(2)4-9(13)5-15-11/h4-7H,3H2,1-2H3,(H,15,18)(H,14,16,17). The van der Waals surface area contributed by atoms with Crippen molar-refractivity contribution in [2.45, 2.75) is 18.7 Å². The number of anilines is 2. The van der Waals surface area contributed by atoms with E-state index in [0.717, 1.165) is 4.47 Å². The number of nitrogens with one attached hydrogen (secondary N) is 2. The summed E-state index contributed by atoms with van der Waals surface area (Å²) in [6, 6.07) is 1.77. The van der Waals surface area contributed by atoms with Crippen LogP contribution < -0.4 is 10.0 Å². The van der Waals surface area contributed by atoms with Gasteiger partial charge >= 0.3 is 0 Å². The van der Waals surface area contributed by atoms with Crippen LogP contribution in [0.2, 0.25) is 0 Å². The third-order valence-corrected chi connectivity index (χ3v) is 4.28. The van der Waals surface area contributed by atoms with Crippen molar-refractivity contribution >= 4 is 37.7 Å². The fraction of sp³-hybridized carbons (Fsp3) is 0.250. The molecule has 0 aliphatic rings. The van der Waals surface area contributed by atoms with Crippen LogP contribution in [-0.2, 0) is 10.0 Å². The first-order chi connectivity index (χ1) is 9.92. The van der Waals surface area contributed by atoms with Gasteiger partial charge in [-0.15, -0.1) is 0 Å². The van der Waals surface area contributed by atoms with Crippen molar-refractivity contribution in [3.05, 3.63) is 34.7 Å². The number of hydrogen-bond acceptors (Lipinski definition) is 6. The van der Waals surface area contributed by atoms with Gasteiger partial charge in [0, 0.05) is 17.2 Å². The second-order valence-electron chi connectivity index (χ2n) is 4.20. The summed E-state index contributed by atoms with van der Waals surface area (Å²) in [6.45, 7) is 4.32. The molecule has 0 spiro atoms. The lowest BCUT2D eigenvalue weighted by molar-refractivity contribution is 0.600. The highest BCUT2D eigenvalue weighted by Crippen LogP contribution is 2.20. The third-order valence-electron chi connectivity index (χ3n) is 2.55. The number of rotatable bonds is 5. The first-order valence-electron chi connectivity index (χ1n) is 6.13. The molecule has 0 aliphatic heterocycles. The van der Waals surface area contributed by atoms with Gasteiger partial charge in [0.05, 0.1) is 12.4 Å². The summed E-state index contributed by atoms with van der Waals surface area (Å²) in [5, 5.41) is 2.90. The SMILES string of the molecule is CCNc1ncc(S(=O)(=O)Nc2ncc(Br)cc2C)cn1. The molecule has 2 N–H and O–H groups in total. The first-order valence-corrected chi connectivity index (χ1v) is 8.41. The first kappa shape index (κ1) is 15.6. The number of sulfonamides is 1. The molecule has 0 fully saturated rings. The molecule has 0 bridgehead atoms. The number of pyridine rings is 1. The summed E-state index contributed by atoms with van der Waals surface area (Å²) >= 11 is 3.28. The summed E-state index contributed by atoms with van der Waals surface area (Å²) in [7, 11) is -3.76. The fourth-order valence-electron chi connectivity index (χ4n) is 1.54. The highest BCUT2D eigenvalue weighted by Gasteiger charge is 2.17. The Labute approximate surface area is 131 Å². The van der Waals surface area contributed by atoms with E-state index in [-0.39, 0.29) is 10.7 Å². The van der Waals surface area contributed by atoms with Gasteiger partial charge in [0.2, 0.25) is 5.95 Å². The summed E-state index contributed by atoms with van der Waals surface area (Å²) < 4.78 is 27.7. The quantitative estimate of drug-likeness (QED) is 0.835. The zero-order chi connectivity index (χ0) is 15.5. The average molecular weight is 372 g/mol. The van der Waals surface area contributed by atoms with Crippen molar-refractivity contribution < 1.29 is 8.42 Å². The van der Waals surface area contributed by atoms with E-state index < -0.39 is 10.0 Å². The molecule has 21 heavy (non-hydrogen) atoms. The predicted molar refractivity (Wildman–Crippen MR) is 83.7 cm³/mol. The largest absolute Gasteiger partial charge is 0.355 e. The Kier molecular flexibility index (Phi) is 4.73. The van der Waals surface area contributed by atoms with Gasteiger partial charge in [-0.05, 0) is 41.4 Å². The molecule has 2 aromatic heterocycles. The lowest BCUT2D eigenvalue weighted by Crippen LogP contribution is -2.16. The van der Waals surface area contributed by atoms with Crippen LogP contribution in [0.15, 0.2) is 34.0 Å². The maximum Gasteiger partial charge on any atom is 0.266 e. The van der Waals surface area contributed by atoms with Gasteiger partial charge in [-0.1, -0.05) is 0 Å². The molecule has 0 aliphatic carbocycles. The van der Waals surface area contributed by atoms with Crippen molar-refractivity contribution in [2.75, 3.05) is 16.6 Å². The molecule has 0 amide bonds. The number of aryl methyl sites for hydroxylation is 1. The average Bonchev–Trinajstić information content (AvgIpc) is 2.43. The Morgan fingerprint density at radius 3 is 2.43 bits per heavy atom. The van der Waals surface area contributed by atoms with E-state index in [1.54, 1.807) is 13.0 Å². The van der Waals surface area contributed by atoms with E-state index in [4.69, 9.17) is 0 Å². The zero-order valence-electron chi connectivity index (χ0n) is 11.5. The number of nitrogens with zero attached hydrogens (tertiary/aromatic N) is 3. The molecule has 0 saturated heterocycles. The Bertz CT molecular complexity index is 734. The molecule has 2 aromatic rings. The fourth-order valence-corrected chi connectivity index (χ4v) is 2.95. The Morgan fingerprint density at radius 1 is 1.19 bits per heavy atom. The molecule has 0 atom stereocenters. The molecular formula is C12H14BrN5O2S. The minimum Gasteiger partial charge on any atom is -0.355 e. The smallest absolute Gasteiger partial charge is 0.266 e. The summed E-state index contributed by atoms with van der Waals surface area (Å²) in [6.07, 6.45) is 4.03. The predicted octanol–water partition coefficient (Wildman–Crippen LogP) is 2.18. The highest BCUT2D eigenvalue weighted by atomic mass is 79.9. The maximum atomic E-state index is 12.2. The van der Waals surface area contributed by atoms with Crippen molar-refractivity contribution in [1.29, 1.82) is 0 Å². The minimum atomic E-state index is -3.76. The van der Waals surface area contributed by atoms with Crippen LogP contribution in [-0.4, -0.2) is 29.9 Å². The van der Waals surface area contributed by atoms with Crippen LogP contribution in [0.3, 0.4) is 0 Å². The summed E-state index contributed by atoms with van der Waals surface area (Å²) in [5.74, 6) is 0.656. The number of halogens is 1.